The summed E-state index contributed by atoms with van der Waals surface area (Å²) in [6.45, 7) is 3.44. The van der Waals surface area contributed by atoms with E-state index in [4.69, 9.17) is 0 Å². The van der Waals surface area contributed by atoms with Gasteiger partial charge in [0.05, 0.1) is 6.20 Å². The number of rotatable bonds is 4. The first kappa shape index (κ1) is 14.0. The van der Waals surface area contributed by atoms with Gasteiger partial charge in [0.1, 0.15) is 17.8 Å². The predicted molar refractivity (Wildman–Crippen MR) is 70.3 cm³/mol. The second-order valence-electron chi connectivity index (χ2n) is 5.76. The number of nitrogens with zero attached hydrogens (tertiary/aromatic N) is 3. The highest BCUT2D eigenvalue weighted by Gasteiger charge is 2.21. The number of hydrogen-bond donors (Lipinski definition) is 2. The average molecular weight is 266 g/mol. The average Bonchev–Trinajstić information content (AvgIpc) is 2.78. The van der Waals surface area contributed by atoms with Gasteiger partial charge < -0.3 is 10.4 Å². The van der Waals surface area contributed by atoms with E-state index in [2.05, 4.69) is 15.6 Å². The van der Waals surface area contributed by atoms with Gasteiger partial charge in [-0.05, 0) is 26.7 Å². The fourth-order valence-electron chi connectivity index (χ4n) is 2.32. The summed E-state index contributed by atoms with van der Waals surface area (Å²) < 4.78 is 1.46. The zero-order valence-electron chi connectivity index (χ0n) is 11.6. The first-order valence-corrected chi connectivity index (χ1v) is 6.87. The van der Waals surface area contributed by atoms with E-state index in [9.17, 15) is 9.90 Å². The number of nitrogens with one attached hydrogen (secondary N) is 1. The van der Waals surface area contributed by atoms with Crippen LogP contribution in [0.2, 0.25) is 0 Å². The molecule has 2 N–H and O–H groups in total. The Bertz CT molecular complexity index is 430. The fraction of sp³-hybridized carbons (Fsp3) is 0.769. The van der Waals surface area contributed by atoms with Gasteiger partial charge in [0.2, 0.25) is 5.91 Å². The third kappa shape index (κ3) is 4.02. The van der Waals surface area contributed by atoms with Gasteiger partial charge in [-0.15, -0.1) is 5.10 Å². The van der Waals surface area contributed by atoms with Crippen molar-refractivity contribution in [1.82, 2.24) is 20.3 Å². The van der Waals surface area contributed by atoms with Crippen molar-refractivity contribution >= 4 is 5.91 Å². The number of amides is 1. The lowest BCUT2D eigenvalue weighted by molar-refractivity contribution is -0.122. The molecule has 1 amide bonds. The van der Waals surface area contributed by atoms with Crippen LogP contribution in [0, 0.1) is 0 Å². The topological polar surface area (TPSA) is 80.0 Å². The number of hydrogen-bond acceptors (Lipinski definition) is 4. The highest BCUT2D eigenvalue weighted by molar-refractivity contribution is 5.75. The van der Waals surface area contributed by atoms with Crippen LogP contribution in [-0.4, -0.2) is 32.0 Å². The molecule has 1 aliphatic carbocycles. The molecule has 0 unspecified atom stereocenters. The Morgan fingerprint density at radius 2 is 2.16 bits per heavy atom. The third-order valence-corrected chi connectivity index (χ3v) is 3.44. The summed E-state index contributed by atoms with van der Waals surface area (Å²) in [5.41, 5.74) is -0.559. The Morgan fingerprint density at radius 3 is 2.74 bits per heavy atom. The van der Waals surface area contributed by atoms with Crippen LogP contribution < -0.4 is 5.32 Å². The van der Waals surface area contributed by atoms with Gasteiger partial charge in [0.25, 0.3) is 0 Å². The lowest BCUT2D eigenvalue weighted by atomic mass is 9.95. The van der Waals surface area contributed by atoms with E-state index in [-0.39, 0.29) is 12.5 Å². The van der Waals surface area contributed by atoms with Crippen LogP contribution >= 0.6 is 0 Å². The number of carbonyl (C=O) groups excluding carboxylic acids is 1. The second-order valence-corrected chi connectivity index (χ2v) is 5.76. The molecule has 6 heteroatoms. The van der Waals surface area contributed by atoms with Gasteiger partial charge in [-0.2, -0.15) is 0 Å². The van der Waals surface area contributed by atoms with Crippen molar-refractivity contribution in [3.05, 3.63) is 11.9 Å². The molecule has 0 spiro atoms. The van der Waals surface area contributed by atoms with E-state index < -0.39 is 5.60 Å². The van der Waals surface area contributed by atoms with E-state index >= 15 is 0 Å². The quantitative estimate of drug-likeness (QED) is 0.850. The van der Waals surface area contributed by atoms with Crippen molar-refractivity contribution in [2.75, 3.05) is 0 Å². The van der Waals surface area contributed by atoms with E-state index in [1.807, 2.05) is 0 Å². The molecule has 0 bridgehead atoms. The van der Waals surface area contributed by atoms with E-state index in [0.29, 0.717) is 11.7 Å². The smallest absolute Gasteiger partial charge is 0.242 e. The number of aromatic nitrogens is 3. The van der Waals surface area contributed by atoms with E-state index in [1.165, 1.54) is 23.9 Å². The molecule has 2 rings (SSSR count). The summed E-state index contributed by atoms with van der Waals surface area (Å²) in [7, 11) is 0. The van der Waals surface area contributed by atoms with Gasteiger partial charge in [-0.3, -0.25) is 4.79 Å². The molecule has 0 atom stereocenters. The summed E-state index contributed by atoms with van der Waals surface area (Å²) >= 11 is 0. The minimum atomic E-state index is -1.03. The molecule has 0 aliphatic heterocycles. The zero-order chi connectivity index (χ0) is 13.9. The summed E-state index contributed by atoms with van der Waals surface area (Å²) in [5.74, 6) is -0.0425. The summed E-state index contributed by atoms with van der Waals surface area (Å²) in [6.07, 6.45) is 7.40. The van der Waals surface area contributed by atoms with Crippen LogP contribution in [0.4, 0.5) is 0 Å². The Morgan fingerprint density at radius 1 is 1.47 bits per heavy atom. The molecule has 1 aliphatic rings. The van der Waals surface area contributed by atoms with E-state index in [1.54, 1.807) is 20.0 Å². The van der Waals surface area contributed by atoms with Crippen LogP contribution in [0.15, 0.2) is 6.20 Å². The molecule has 6 nitrogen and oxygen atoms in total. The fourth-order valence-corrected chi connectivity index (χ4v) is 2.32. The van der Waals surface area contributed by atoms with Crippen LogP contribution in [0.25, 0.3) is 0 Å². The van der Waals surface area contributed by atoms with Crippen molar-refractivity contribution < 1.29 is 9.90 Å². The van der Waals surface area contributed by atoms with Crippen LogP contribution in [0.1, 0.15) is 51.6 Å². The van der Waals surface area contributed by atoms with E-state index in [0.717, 1.165) is 12.8 Å². The lowest BCUT2D eigenvalue weighted by Gasteiger charge is -2.22. The highest BCUT2D eigenvalue weighted by Crippen LogP contribution is 2.17. The molecule has 1 saturated carbocycles. The second kappa shape index (κ2) is 5.69. The third-order valence-electron chi connectivity index (χ3n) is 3.44. The summed E-state index contributed by atoms with van der Waals surface area (Å²) in [4.78, 5) is 11.9. The van der Waals surface area contributed by atoms with Crippen LogP contribution in [0.3, 0.4) is 0 Å². The molecular weight excluding hydrogens is 244 g/mol. The van der Waals surface area contributed by atoms with Crippen molar-refractivity contribution in [3.8, 4) is 0 Å². The standard InChI is InChI=1S/C13H22N4O2/c1-13(2,19)11-8-17(16-15-11)9-12(18)14-10-6-4-3-5-7-10/h8,10,19H,3-7,9H2,1-2H3,(H,14,18). The Kier molecular flexibility index (Phi) is 4.19. The summed E-state index contributed by atoms with van der Waals surface area (Å²) in [6, 6.07) is 0.304. The normalized spacial score (nSPS) is 17.4. The number of carbonyl (C=O) groups is 1. The maximum Gasteiger partial charge on any atom is 0.242 e. The largest absolute Gasteiger partial charge is 0.384 e. The van der Waals surface area contributed by atoms with Gasteiger partial charge in [-0.25, -0.2) is 4.68 Å². The first-order chi connectivity index (χ1) is 8.95. The maximum atomic E-state index is 11.9. The highest BCUT2D eigenvalue weighted by atomic mass is 16.3. The Labute approximate surface area is 113 Å². The minimum Gasteiger partial charge on any atom is -0.384 e. The molecular formula is C13H22N4O2. The minimum absolute atomic E-state index is 0.0425. The molecule has 1 fully saturated rings. The van der Waals surface area contributed by atoms with Crippen LogP contribution in [0.5, 0.6) is 0 Å². The molecule has 0 radical (unpaired) electrons. The number of aliphatic hydroxyl groups is 1. The van der Waals surface area contributed by atoms with Gasteiger partial charge in [-0.1, -0.05) is 24.5 Å². The molecule has 19 heavy (non-hydrogen) atoms. The first-order valence-electron chi connectivity index (χ1n) is 6.87. The SMILES string of the molecule is CC(C)(O)c1cn(CC(=O)NC2CCCCC2)nn1. The Balaban J connectivity index is 1.86. The molecule has 1 aromatic heterocycles. The maximum absolute atomic E-state index is 11.9. The molecule has 1 aromatic rings. The monoisotopic (exact) mass is 266 g/mol. The summed E-state index contributed by atoms with van der Waals surface area (Å²) in [5, 5.41) is 20.5. The van der Waals surface area contributed by atoms with Gasteiger partial charge in [0, 0.05) is 6.04 Å². The predicted octanol–water partition coefficient (Wildman–Crippen LogP) is 0.954. The zero-order valence-corrected chi connectivity index (χ0v) is 11.6. The molecule has 106 valence electrons. The van der Waals surface area contributed by atoms with Gasteiger partial charge >= 0.3 is 0 Å². The van der Waals surface area contributed by atoms with Crippen molar-refractivity contribution in [2.24, 2.45) is 0 Å². The lowest BCUT2D eigenvalue weighted by Crippen LogP contribution is -2.38. The van der Waals surface area contributed by atoms with Gasteiger partial charge in [0.15, 0.2) is 0 Å². The molecule has 0 saturated heterocycles. The Hall–Kier alpha value is -1.43. The van der Waals surface area contributed by atoms with Crippen LogP contribution in [-0.2, 0) is 16.9 Å². The molecule has 1 heterocycles. The van der Waals surface area contributed by atoms with Crippen molar-refractivity contribution in [2.45, 2.75) is 64.1 Å². The molecule has 0 aromatic carbocycles. The van der Waals surface area contributed by atoms with Crippen molar-refractivity contribution in [1.29, 1.82) is 0 Å². The van der Waals surface area contributed by atoms with Crippen molar-refractivity contribution in [3.63, 3.8) is 0 Å².